The Morgan fingerprint density at radius 1 is 0.565 bits per heavy atom. The molecule has 0 atom stereocenters. The molecule has 0 aliphatic rings. The first-order chi connectivity index (χ1) is 9.16. The van der Waals surface area contributed by atoms with E-state index in [9.17, 15) is 0 Å². The van der Waals surface area contributed by atoms with Crippen molar-refractivity contribution in [2.45, 2.75) is 54.4 Å². The van der Waals surface area contributed by atoms with Gasteiger partial charge in [-0.1, -0.05) is 54.4 Å². The van der Waals surface area contributed by atoms with E-state index in [1.54, 1.807) is 0 Å². The second-order valence-electron chi connectivity index (χ2n) is 8.06. The van der Waals surface area contributed by atoms with Crippen LogP contribution in [0.3, 0.4) is 0 Å². The molecule has 0 N–H and O–H groups in total. The number of halogens is 2. The summed E-state index contributed by atoms with van der Waals surface area (Å²) >= 11 is 0. The molecule has 2 aromatic carbocycles. The topological polar surface area (TPSA) is 0 Å². The molecule has 2 rings (SSSR count). The molecule has 2 aromatic rings. The van der Waals surface area contributed by atoms with Gasteiger partial charge in [0.25, 0.3) is 0 Å². The van der Waals surface area contributed by atoms with E-state index in [0.29, 0.717) is 10.8 Å². The van der Waals surface area contributed by atoms with Gasteiger partial charge in [-0.05, 0) is 10.8 Å². The van der Waals surface area contributed by atoms with Gasteiger partial charge >= 0.3 is 21.7 Å². The molecule has 0 aliphatic carbocycles. The molecule has 0 spiro atoms. The summed E-state index contributed by atoms with van der Waals surface area (Å²) in [7, 11) is 0. The number of hydrogen-bond donors (Lipinski definition) is 0. The Morgan fingerprint density at radius 3 is 0.957 bits per heavy atom. The van der Waals surface area contributed by atoms with Crippen LogP contribution in [0.15, 0.2) is 48.5 Å². The van der Waals surface area contributed by atoms with Crippen LogP contribution in [0.4, 0.5) is 0 Å². The fourth-order valence-electron chi connectivity index (χ4n) is 2.29. The largest absolute Gasteiger partial charge is 4.00 e. The van der Waals surface area contributed by atoms with Crippen molar-refractivity contribution in [2.75, 3.05) is 0 Å². The van der Waals surface area contributed by atoms with Gasteiger partial charge in [0.05, 0.1) is 0 Å². The molecule has 23 heavy (non-hydrogen) atoms. The monoisotopic (exact) mass is 356 g/mol. The van der Waals surface area contributed by atoms with E-state index in [2.05, 4.69) is 90.1 Å². The first-order valence-electron chi connectivity index (χ1n) is 7.57. The molecule has 0 bridgehead atoms. The molecule has 3 heteroatoms. The van der Waals surface area contributed by atoms with E-state index in [0.717, 1.165) is 0 Å². The molecule has 0 saturated carbocycles. The van der Waals surface area contributed by atoms with Crippen LogP contribution in [0.25, 0.3) is 0 Å². The van der Waals surface area contributed by atoms with Crippen LogP contribution in [0.2, 0.25) is 0 Å². The average molecular weight is 356 g/mol. The molecule has 128 valence electrons. The van der Waals surface area contributed by atoms with Gasteiger partial charge in [-0.25, -0.2) is 24.3 Å². The van der Waals surface area contributed by atoms with Crippen LogP contribution in [0.5, 0.6) is 0 Å². The molecule has 0 amide bonds. The van der Waals surface area contributed by atoms with Crippen molar-refractivity contribution < 1.29 is 31.1 Å². The van der Waals surface area contributed by atoms with E-state index >= 15 is 0 Å². The summed E-state index contributed by atoms with van der Waals surface area (Å²) in [5.74, 6) is 0. The third-order valence-electron chi connectivity index (χ3n) is 2.93. The molecular weight excluding hydrogens is 326 g/mol. The maximum Gasteiger partial charge on any atom is 4.00 e. The Balaban J connectivity index is -0.000000308. The minimum absolute atomic E-state index is 0. The molecule has 0 aliphatic heterocycles. The molecule has 0 nitrogen and oxygen atoms in total. The van der Waals surface area contributed by atoms with E-state index in [1.165, 1.54) is 24.0 Å². The third kappa shape index (κ3) is 14.6. The average Bonchev–Trinajstić information content (AvgIpc) is 2.87. The standard InChI is InChI=1S/2C10H15.2FH.Ti/c2*1-10(2,3)8-9-6-4-5-7-9;;;/h2*4-7H,8H2,1-3H3;2*1H;/q2*-1;;;+4/p-2. The van der Waals surface area contributed by atoms with Crippen LogP contribution < -0.4 is 9.41 Å². The van der Waals surface area contributed by atoms with Gasteiger partial charge in [-0.3, -0.25) is 0 Å². The number of rotatable bonds is 2. The normalized spacial score (nSPS) is 10.3. The Kier molecular flexibility index (Phi) is 13.9. The van der Waals surface area contributed by atoms with E-state index in [-0.39, 0.29) is 31.1 Å². The van der Waals surface area contributed by atoms with Crippen LogP contribution in [0.1, 0.15) is 52.7 Å². The van der Waals surface area contributed by atoms with Crippen molar-refractivity contribution in [1.29, 1.82) is 0 Å². The van der Waals surface area contributed by atoms with Crippen LogP contribution in [-0.2, 0) is 34.6 Å². The molecule has 0 fully saturated rings. The minimum atomic E-state index is 0. The molecular formula is C20H30F2Ti. The maximum absolute atomic E-state index is 2.26. The van der Waals surface area contributed by atoms with Gasteiger partial charge in [0.15, 0.2) is 0 Å². The molecule has 0 unspecified atom stereocenters. The van der Waals surface area contributed by atoms with Crippen molar-refractivity contribution in [1.82, 2.24) is 0 Å². The van der Waals surface area contributed by atoms with Crippen LogP contribution in [0, 0.1) is 10.8 Å². The van der Waals surface area contributed by atoms with Gasteiger partial charge in [0.2, 0.25) is 0 Å². The first kappa shape index (κ1) is 27.1. The van der Waals surface area contributed by atoms with E-state index in [4.69, 9.17) is 0 Å². The second kappa shape index (κ2) is 11.8. The van der Waals surface area contributed by atoms with E-state index in [1.807, 2.05) is 0 Å². The van der Waals surface area contributed by atoms with Crippen LogP contribution >= 0.6 is 0 Å². The Morgan fingerprint density at radius 2 is 0.783 bits per heavy atom. The summed E-state index contributed by atoms with van der Waals surface area (Å²) in [5, 5.41) is 0. The zero-order valence-corrected chi connectivity index (χ0v) is 16.9. The summed E-state index contributed by atoms with van der Waals surface area (Å²) in [6.45, 7) is 13.6. The van der Waals surface area contributed by atoms with Crippen molar-refractivity contribution >= 4 is 0 Å². The van der Waals surface area contributed by atoms with E-state index < -0.39 is 0 Å². The Labute approximate surface area is 156 Å². The van der Waals surface area contributed by atoms with Crippen molar-refractivity contribution in [3.05, 3.63) is 59.7 Å². The molecule has 0 aromatic heterocycles. The third-order valence-corrected chi connectivity index (χ3v) is 2.93. The zero-order chi connectivity index (χ0) is 15.2. The fraction of sp³-hybridized carbons (Fsp3) is 0.500. The molecule has 0 heterocycles. The smallest absolute Gasteiger partial charge is 1.00 e. The summed E-state index contributed by atoms with van der Waals surface area (Å²) in [5.41, 5.74) is 3.75. The van der Waals surface area contributed by atoms with Crippen molar-refractivity contribution in [3.63, 3.8) is 0 Å². The Bertz CT molecular complexity index is 410. The summed E-state index contributed by atoms with van der Waals surface area (Å²) in [6.07, 6.45) is 2.36. The second-order valence-corrected chi connectivity index (χ2v) is 8.06. The Hall–Kier alpha value is -0.726. The molecule has 0 radical (unpaired) electrons. The summed E-state index contributed by atoms with van der Waals surface area (Å²) < 4.78 is 0. The number of hydrogen-bond acceptors (Lipinski definition) is 0. The maximum atomic E-state index is 2.26. The molecule has 0 saturated heterocycles. The summed E-state index contributed by atoms with van der Waals surface area (Å²) in [4.78, 5) is 0. The van der Waals surface area contributed by atoms with Crippen molar-refractivity contribution in [3.8, 4) is 0 Å². The van der Waals surface area contributed by atoms with Gasteiger partial charge in [0, 0.05) is 0 Å². The predicted octanol–water partition coefficient (Wildman–Crippen LogP) is -0.00630. The van der Waals surface area contributed by atoms with Gasteiger partial charge in [-0.2, -0.15) is 35.4 Å². The first-order valence-corrected chi connectivity index (χ1v) is 7.57. The van der Waals surface area contributed by atoms with Crippen LogP contribution in [-0.4, -0.2) is 0 Å². The van der Waals surface area contributed by atoms with Gasteiger partial charge < -0.3 is 9.41 Å². The SMILES string of the molecule is CC(C)(C)C[c-]1cccc1.CC(C)(C)C[c-]1cccc1.[F-].[F-].[Ti+4]. The fourth-order valence-corrected chi connectivity index (χ4v) is 2.29. The summed E-state index contributed by atoms with van der Waals surface area (Å²) in [6, 6.07) is 17.1. The zero-order valence-electron chi connectivity index (χ0n) is 15.3. The predicted molar refractivity (Wildman–Crippen MR) is 90.4 cm³/mol. The minimum Gasteiger partial charge on any atom is -1.00 e. The van der Waals surface area contributed by atoms with Gasteiger partial charge in [-0.15, -0.1) is 0 Å². The quantitative estimate of drug-likeness (QED) is 0.525. The van der Waals surface area contributed by atoms with Crippen molar-refractivity contribution in [2.24, 2.45) is 10.8 Å². The van der Waals surface area contributed by atoms with Gasteiger partial charge in [0.1, 0.15) is 0 Å².